The van der Waals surface area contributed by atoms with Crippen molar-refractivity contribution in [1.29, 1.82) is 0 Å². The molecule has 0 aliphatic carbocycles. The van der Waals surface area contributed by atoms with E-state index in [1.807, 2.05) is 4.90 Å². The first-order valence-corrected chi connectivity index (χ1v) is 8.70. The molecule has 3 rings (SSSR count). The predicted molar refractivity (Wildman–Crippen MR) is 84.2 cm³/mol. The number of halogens is 2. The Morgan fingerprint density at radius 1 is 1.21 bits per heavy atom. The molecule has 1 saturated heterocycles. The molecule has 2 aromatic rings. The molecule has 0 bridgehead atoms. The van der Waals surface area contributed by atoms with Gasteiger partial charge in [-0.15, -0.1) is 0 Å². The van der Waals surface area contributed by atoms with Crippen molar-refractivity contribution in [2.45, 2.75) is 17.4 Å². The van der Waals surface area contributed by atoms with Crippen molar-refractivity contribution in [2.75, 3.05) is 22.7 Å². The van der Waals surface area contributed by atoms with Gasteiger partial charge < -0.3 is 10.0 Å². The van der Waals surface area contributed by atoms with Gasteiger partial charge in [-0.1, -0.05) is 0 Å². The van der Waals surface area contributed by atoms with E-state index >= 15 is 0 Å². The molecule has 1 aromatic carbocycles. The minimum Gasteiger partial charge on any atom is -0.391 e. The highest BCUT2D eigenvalue weighted by molar-refractivity contribution is 7.92. The van der Waals surface area contributed by atoms with Crippen LogP contribution in [0.5, 0.6) is 0 Å². The van der Waals surface area contributed by atoms with Crippen LogP contribution in [-0.2, 0) is 10.0 Å². The number of nitrogens with zero attached hydrogens (tertiary/aromatic N) is 2. The molecule has 0 saturated carbocycles. The lowest BCUT2D eigenvalue weighted by molar-refractivity contribution is 0.198. The SMILES string of the molecule is O=S(=O)(Nc1cc(F)cc(F)c1)c1ccc(N2CC[C@H](O)C2)nc1. The number of aliphatic hydroxyl groups excluding tert-OH is 1. The molecule has 1 aliphatic heterocycles. The van der Waals surface area contributed by atoms with E-state index in [2.05, 4.69) is 9.71 Å². The highest BCUT2D eigenvalue weighted by atomic mass is 32.2. The molecule has 0 unspecified atom stereocenters. The minimum absolute atomic E-state index is 0.129. The number of aliphatic hydroxyl groups is 1. The number of anilines is 2. The fraction of sp³-hybridized carbons (Fsp3) is 0.267. The van der Waals surface area contributed by atoms with Gasteiger partial charge in [0.05, 0.1) is 11.8 Å². The summed E-state index contributed by atoms with van der Waals surface area (Å²) < 4.78 is 52.9. The molecule has 1 aliphatic rings. The topological polar surface area (TPSA) is 82.5 Å². The van der Waals surface area contributed by atoms with Crippen molar-refractivity contribution >= 4 is 21.5 Å². The van der Waals surface area contributed by atoms with E-state index in [4.69, 9.17) is 0 Å². The molecular weight excluding hydrogens is 340 g/mol. The molecule has 2 heterocycles. The van der Waals surface area contributed by atoms with Crippen LogP contribution in [0.4, 0.5) is 20.3 Å². The zero-order chi connectivity index (χ0) is 17.3. The van der Waals surface area contributed by atoms with Crippen LogP contribution in [-0.4, -0.2) is 37.7 Å². The highest BCUT2D eigenvalue weighted by Crippen LogP contribution is 2.21. The van der Waals surface area contributed by atoms with Crippen molar-refractivity contribution in [3.8, 4) is 0 Å². The first kappa shape index (κ1) is 16.6. The molecule has 128 valence electrons. The van der Waals surface area contributed by atoms with Crippen molar-refractivity contribution in [3.05, 3.63) is 48.2 Å². The Balaban J connectivity index is 1.79. The number of β-amino-alcohol motifs (C(OH)–C–C–N with tert-alkyl or cyclic N) is 1. The number of rotatable bonds is 4. The van der Waals surface area contributed by atoms with Crippen LogP contribution in [0, 0.1) is 11.6 Å². The van der Waals surface area contributed by atoms with E-state index in [1.54, 1.807) is 0 Å². The lowest BCUT2D eigenvalue weighted by Crippen LogP contribution is -2.22. The third-order valence-corrected chi connectivity index (χ3v) is 5.00. The van der Waals surface area contributed by atoms with Crippen LogP contribution in [0.2, 0.25) is 0 Å². The number of hydrogen-bond donors (Lipinski definition) is 2. The van der Waals surface area contributed by atoms with E-state index in [0.717, 1.165) is 18.3 Å². The molecule has 1 aromatic heterocycles. The van der Waals surface area contributed by atoms with Gasteiger partial charge in [0.25, 0.3) is 10.0 Å². The quantitative estimate of drug-likeness (QED) is 0.873. The number of sulfonamides is 1. The summed E-state index contributed by atoms with van der Waals surface area (Å²) in [5.74, 6) is -1.20. The van der Waals surface area contributed by atoms with Gasteiger partial charge in [0.2, 0.25) is 0 Å². The van der Waals surface area contributed by atoms with Crippen LogP contribution in [0.3, 0.4) is 0 Å². The number of benzene rings is 1. The first-order valence-electron chi connectivity index (χ1n) is 7.21. The Morgan fingerprint density at radius 2 is 1.92 bits per heavy atom. The van der Waals surface area contributed by atoms with E-state index in [0.29, 0.717) is 31.4 Å². The van der Waals surface area contributed by atoms with Crippen LogP contribution in [0.15, 0.2) is 41.4 Å². The lowest BCUT2D eigenvalue weighted by Gasteiger charge is -2.16. The Kier molecular flexibility index (Phi) is 4.37. The van der Waals surface area contributed by atoms with E-state index in [9.17, 15) is 22.3 Å². The van der Waals surface area contributed by atoms with Gasteiger partial charge in [-0.05, 0) is 30.7 Å². The Bertz CT molecular complexity index is 823. The Hall–Kier alpha value is -2.26. The fourth-order valence-corrected chi connectivity index (χ4v) is 3.48. The number of pyridine rings is 1. The van der Waals surface area contributed by atoms with Crippen molar-refractivity contribution in [1.82, 2.24) is 4.98 Å². The van der Waals surface area contributed by atoms with Crippen molar-refractivity contribution < 1.29 is 22.3 Å². The number of aromatic nitrogens is 1. The summed E-state index contributed by atoms with van der Waals surface area (Å²) in [7, 11) is -4.01. The van der Waals surface area contributed by atoms with E-state index < -0.39 is 27.8 Å². The molecule has 0 spiro atoms. The molecule has 6 nitrogen and oxygen atoms in total. The summed E-state index contributed by atoms with van der Waals surface area (Å²) >= 11 is 0. The molecule has 24 heavy (non-hydrogen) atoms. The third-order valence-electron chi connectivity index (χ3n) is 3.63. The van der Waals surface area contributed by atoms with E-state index in [-0.39, 0.29) is 10.6 Å². The van der Waals surface area contributed by atoms with Crippen molar-refractivity contribution in [2.24, 2.45) is 0 Å². The normalized spacial score (nSPS) is 18.0. The fourth-order valence-electron chi connectivity index (χ4n) is 2.50. The molecule has 1 fully saturated rings. The smallest absolute Gasteiger partial charge is 0.263 e. The monoisotopic (exact) mass is 355 g/mol. The van der Waals surface area contributed by atoms with Gasteiger partial charge >= 0.3 is 0 Å². The summed E-state index contributed by atoms with van der Waals surface area (Å²) in [4.78, 5) is 5.80. The first-order chi connectivity index (χ1) is 11.3. The average molecular weight is 355 g/mol. The second-order valence-corrected chi connectivity index (χ2v) is 7.19. The summed E-state index contributed by atoms with van der Waals surface area (Å²) in [5.41, 5.74) is -0.209. The Morgan fingerprint density at radius 3 is 2.46 bits per heavy atom. The van der Waals surface area contributed by atoms with Gasteiger partial charge in [0.1, 0.15) is 22.3 Å². The highest BCUT2D eigenvalue weighted by Gasteiger charge is 2.22. The third kappa shape index (κ3) is 3.62. The molecule has 2 N–H and O–H groups in total. The molecular formula is C15H15F2N3O3S. The van der Waals surface area contributed by atoms with Crippen LogP contribution in [0.1, 0.15) is 6.42 Å². The van der Waals surface area contributed by atoms with Gasteiger partial charge in [0.15, 0.2) is 0 Å². The number of hydrogen-bond acceptors (Lipinski definition) is 5. The van der Waals surface area contributed by atoms with Crippen molar-refractivity contribution in [3.63, 3.8) is 0 Å². The second kappa shape index (κ2) is 6.33. The maximum atomic E-state index is 13.1. The molecule has 0 amide bonds. The van der Waals surface area contributed by atoms with Crippen LogP contribution < -0.4 is 9.62 Å². The minimum atomic E-state index is -4.01. The maximum absolute atomic E-state index is 13.1. The summed E-state index contributed by atoms with van der Waals surface area (Å²) in [6.07, 6.45) is 1.38. The Labute approximate surface area is 137 Å². The number of nitrogens with one attached hydrogen (secondary N) is 1. The van der Waals surface area contributed by atoms with Crippen LogP contribution >= 0.6 is 0 Å². The zero-order valence-electron chi connectivity index (χ0n) is 12.5. The summed E-state index contributed by atoms with van der Waals surface area (Å²) in [6.45, 7) is 1.08. The standard InChI is InChI=1S/C15H15F2N3O3S/c16-10-5-11(17)7-12(6-10)19-24(22,23)14-1-2-15(18-8-14)20-4-3-13(21)9-20/h1-2,5-8,13,19,21H,3-4,9H2/t13-/m0/s1. The maximum Gasteiger partial charge on any atom is 0.263 e. The van der Waals surface area contributed by atoms with Gasteiger partial charge in [-0.25, -0.2) is 22.2 Å². The summed E-state index contributed by atoms with van der Waals surface area (Å²) in [5, 5.41) is 9.52. The molecule has 9 heteroatoms. The van der Waals surface area contributed by atoms with Crippen LogP contribution in [0.25, 0.3) is 0 Å². The van der Waals surface area contributed by atoms with Gasteiger partial charge in [0, 0.05) is 25.4 Å². The molecule has 0 radical (unpaired) electrons. The largest absolute Gasteiger partial charge is 0.391 e. The van der Waals surface area contributed by atoms with E-state index in [1.165, 1.54) is 12.1 Å². The second-order valence-electron chi connectivity index (χ2n) is 5.50. The van der Waals surface area contributed by atoms with Gasteiger partial charge in [-0.2, -0.15) is 0 Å². The lowest BCUT2D eigenvalue weighted by atomic mass is 10.3. The zero-order valence-corrected chi connectivity index (χ0v) is 13.3. The predicted octanol–water partition coefficient (Wildman–Crippen LogP) is 1.73. The molecule has 1 atom stereocenters. The summed E-state index contributed by atoms with van der Waals surface area (Å²) in [6, 6.07) is 5.30. The average Bonchev–Trinajstić information content (AvgIpc) is 2.92. The van der Waals surface area contributed by atoms with Gasteiger partial charge in [-0.3, -0.25) is 4.72 Å².